The summed E-state index contributed by atoms with van der Waals surface area (Å²) in [6.07, 6.45) is 0. The topological polar surface area (TPSA) is 55.1 Å². The van der Waals surface area contributed by atoms with Crippen molar-refractivity contribution in [1.82, 2.24) is 5.32 Å². The van der Waals surface area contributed by atoms with Gasteiger partial charge in [-0.15, -0.1) is 0 Å². The van der Waals surface area contributed by atoms with Crippen LogP contribution in [0.3, 0.4) is 0 Å². The van der Waals surface area contributed by atoms with Gasteiger partial charge in [0, 0.05) is 20.0 Å². The van der Waals surface area contributed by atoms with Crippen LogP contribution in [0.4, 0.5) is 0 Å². The number of carbonyl (C=O) groups is 1. The Bertz CT molecular complexity index is 491. The summed E-state index contributed by atoms with van der Waals surface area (Å²) in [5.74, 6) is -0.135. The van der Waals surface area contributed by atoms with Gasteiger partial charge in [-0.2, -0.15) is 0 Å². The summed E-state index contributed by atoms with van der Waals surface area (Å²) in [6, 6.07) is 5.61. The number of amides is 1. The Balaban J connectivity index is 2.78. The molecule has 0 spiro atoms. The molecule has 0 aliphatic rings. The summed E-state index contributed by atoms with van der Waals surface area (Å²) in [4.78, 5) is 12.5. The van der Waals surface area contributed by atoms with E-state index >= 15 is 0 Å². The molecule has 0 aliphatic heterocycles. The molecule has 3 N–H and O–H groups in total. The molecule has 0 saturated carbocycles. The van der Waals surface area contributed by atoms with Gasteiger partial charge in [0.05, 0.1) is 10.6 Å². The van der Waals surface area contributed by atoms with Crippen molar-refractivity contribution in [3.8, 4) is 0 Å². The van der Waals surface area contributed by atoms with Crippen molar-refractivity contribution in [2.24, 2.45) is 11.1 Å². The van der Waals surface area contributed by atoms with Crippen molar-refractivity contribution < 1.29 is 4.79 Å². The zero-order valence-electron chi connectivity index (χ0n) is 10.1. The van der Waals surface area contributed by atoms with Gasteiger partial charge in [0.15, 0.2) is 0 Å². The molecule has 1 amide bonds. The highest BCUT2D eigenvalue weighted by Gasteiger charge is 2.22. The minimum Gasteiger partial charge on any atom is -0.393 e. The Labute approximate surface area is 134 Å². The number of rotatable bonds is 4. The van der Waals surface area contributed by atoms with Crippen LogP contribution < -0.4 is 11.1 Å². The predicted octanol–water partition coefficient (Wildman–Crippen LogP) is 3.10. The third kappa shape index (κ3) is 4.17. The fourth-order valence-corrected chi connectivity index (χ4v) is 2.15. The highest BCUT2D eigenvalue weighted by molar-refractivity contribution is 14.1. The average molecular weight is 441 g/mol. The lowest BCUT2D eigenvalue weighted by atomic mass is 9.93. The maximum atomic E-state index is 12.1. The van der Waals surface area contributed by atoms with Crippen LogP contribution in [0, 0.1) is 8.99 Å². The van der Waals surface area contributed by atoms with E-state index in [1.165, 1.54) is 0 Å². The Morgan fingerprint density at radius 2 is 2.17 bits per heavy atom. The molecule has 0 aliphatic carbocycles. The van der Waals surface area contributed by atoms with Gasteiger partial charge in [0.2, 0.25) is 0 Å². The highest BCUT2D eigenvalue weighted by Crippen LogP contribution is 2.20. The van der Waals surface area contributed by atoms with Gasteiger partial charge in [-0.1, -0.05) is 26.1 Å². The van der Waals surface area contributed by atoms with Crippen LogP contribution in [0.2, 0.25) is 0 Å². The molecule has 1 aromatic carbocycles. The molecule has 98 valence electrons. The maximum absolute atomic E-state index is 12.1. The third-order valence-corrected chi connectivity index (χ3v) is 4.45. The summed E-state index contributed by atoms with van der Waals surface area (Å²) < 4.78 is 1.78. The minimum absolute atomic E-state index is 0.135. The largest absolute Gasteiger partial charge is 0.393 e. The molecule has 0 unspecified atom stereocenters. The quantitative estimate of drug-likeness (QED) is 0.558. The van der Waals surface area contributed by atoms with Crippen LogP contribution in [0.5, 0.6) is 0 Å². The second-order valence-corrected chi connectivity index (χ2v) is 7.09. The zero-order valence-corrected chi connectivity index (χ0v) is 14.6. The summed E-state index contributed by atoms with van der Waals surface area (Å²) in [5.41, 5.74) is 5.84. The van der Waals surface area contributed by atoms with E-state index in [0.717, 1.165) is 8.04 Å². The average Bonchev–Trinajstić information content (AvgIpc) is 2.29. The second kappa shape index (κ2) is 6.29. The van der Waals surface area contributed by atoms with Crippen molar-refractivity contribution in [1.29, 1.82) is 0 Å². The first-order valence-electron chi connectivity index (χ1n) is 5.27. The van der Waals surface area contributed by atoms with Crippen LogP contribution in [0.1, 0.15) is 24.2 Å². The smallest absolute Gasteiger partial charge is 0.252 e. The number of thiocarbonyl (C=S) groups is 1. The summed E-state index contributed by atoms with van der Waals surface area (Å²) in [5, 5.41) is 2.85. The van der Waals surface area contributed by atoms with Crippen molar-refractivity contribution in [2.75, 3.05) is 6.54 Å². The minimum atomic E-state index is -0.389. The molecule has 6 heteroatoms. The van der Waals surface area contributed by atoms with Gasteiger partial charge in [-0.05, 0) is 56.7 Å². The van der Waals surface area contributed by atoms with Crippen LogP contribution in [0.25, 0.3) is 0 Å². The number of halogens is 2. The van der Waals surface area contributed by atoms with E-state index in [1.807, 2.05) is 32.0 Å². The van der Waals surface area contributed by atoms with Crippen LogP contribution in [-0.2, 0) is 0 Å². The predicted molar refractivity (Wildman–Crippen MR) is 89.8 cm³/mol. The van der Waals surface area contributed by atoms with Gasteiger partial charge >= 0.3 is 0 Å². The van der Waals surface area contributed by atoms with E-state index in [-0.39, 0.29) is 11.3 Å². The van der Waals surface area contributed by atoms with E-state index in [4.69, 9.17) is 18.0 Å². The maximum Gasteiger partial charge on any atom is 0.252 e. The number of nitrogens with one attached hydrogen (secondary N) is 1. The molecule has 1 aromatic rings. The molecule has 18 heavy (non-hydrogen) atoms. The van der Waals surface area contributed by atoms with Gasteiger partial charge in [0.1, 0.15) is 0 Å². The van der Waals surface area contributed by atoms with Gasteiger partial charge in [0.25, 0.3) is 5.91 Å². The molecule has 0 aromatic heterocycles. The lowest BCUT2D eigenvalue weighted by Gasteiger charge is -2.23. The van der Waals surface area contributed by atoms with Crippen molar-refractivity contribution in [2.45, 2.75) is 13.8 Å². The number of benzene rings is 1. The number of hydrogen-bond donors (Lipinski definition) is 2. The molecule has 1 rings (SSSR count). The van der Waals surface area contributed by atoms with Crippen molar-refractivity contribution in [3.63, 3.8) is 0 Å². The normalized spacial score (nSPS) is 11.1. The van der Waals surface area contributed by atoms with Crippen molar-refractivity contribution in [3.05, 3.63) is 31.8 Å². The molecule has 0 heterocycles. The van der Waals surface area contributed by atoms with Crippen molar-refractivity contribution >= 4 is 61.6 Å². The Hall–Kier alpha value is -0.210. The Kier molecular flexibility index (Phi) is 5.54. The molecule has 0 atom stereocenters. The fourth-order valence-electron chi connectivity index (χ4n) is 1.16. The summed E-state index contributed by atoms with van der Waals surface area (Å²) >= 11 is 10.5. The molecule has 0 saturated heterocycles. The first kappa shape index (κ1) is 15.8. The lowest BCUT2D eigenvalue weighted by molar-refractivity contribution is 0.0944. The molecule has 3 nitrogen and oxygen atoms in total. The highest BCUT2D eigenvalue weighted by atomic mass is 127. The number of nitrogens with two attached hydrogens (primary N) is 1. The molecular weight excluding hydrogens is 427 g/mol. The zero-order chi connectivity index (χ0) is 13.9. The number of carbonyl (C=O) groups excluding carboxylic acids is 1. The third-order valence-electron chi connectivity index (χ3n) is 2.53. The van der Waals surface area contributed by atoms with Gasteiger partial charge < -0.3 is 11.1 Å². The first-order chi connectivity index (χ1) is 8.24. The second-order valence-electron chi connectivity index (χ2n) is 4.55. The van der Waals surface area contributed by atoms with Crippen LogP contribution in [0.15, 0.2) is 22.7 Å². The van der Waals surface area contributed by atoms with E-state index in [1.54, 1.807) is 0 Å². The fraction of sp³-hybridized carbons (Fsp3) is 0.333. The van der Waals surface area contributed by atoms with Crippen LogP contribution in [-0.4, -0.2) is 17.4 Å². The van der Waals surface area contributed by atoms with E-state index in [2.05, 4.69) is 43.8 Å². The first-order valence-corrected chi connectivity index (χ1v) is 7.55. The summed E-state index contributed by atoms with van der Waals surface area (Å²) in [6.45, 7) is 4.22. The van der Waals surface area contributed by atoms with Gasteiger partial charge in [-0.3, -0.25) is 4.79 Å². The van der Waals surface area contributed by atoms with E-state index in [9.17, 15) is 4.79 Å². The lowest BCUT2D eigenvalue weighted by Crippen LogP contribution is -2.41. The van der Waals surface area contributed by atoms with Crippen LogP contribution >= 0.6 is 50.7 Å². The molecule has 0 fully saturated rings. The Morgan fingerprint density at radius 1 is 1.56 bits per heavy atom. The molecule has 0 bridgehead atoms. The van der Waals surface area contributed by atoms with E-state index in [0.29, 0.717) is 17.1 Å². The Morgan fingerprint density at radius 3 is 2.72 bits per heavy atom. The number of hydrogen-bond acceptors (Lipinski definition) is 2. The standard InChI is InChI=1S/C12H14BrIN2OS/c1-12(2,11(15)18)6-16-10(17)8-5-7(14)3-4-9(8)13/h3-5H,6H2,1-2H3,(H2,15,18)(H,16,17). The monoisotopic (exact) mass is 440 g/mol. The SMILES string of the molecule is CC(C)(CNC(=O)c1cc(I)ccc1Br)C(N)=S. The molecule has 0 radical (unpaired) electrons. The molecular formula is C12H14BrIN2OS. The van der Waals surface area contributed by atoms with Gasteiger partial charge in [-0.25, -0.2) is 0 Å². The van der Waals surface area contributed by atoms with E-state index < -0.39 is 0 Å². The summed E-state index contributed by atoms with van der Waals surface area (Å²) in [7, 11) is 0.